The summed E-state index contributed by atoms with van der Waals surface area (Å²) >= 11 is 13.6. The predicted molar refractivity (Wildman–Crippen MR) is 116 cm³/mol. The van der Waals surface area contributed by atoms with Gasteiger partial charge in [-0.25, -0.2) is 13.9 Å². The number of hydroxylamine groups is 1. The highest BCUT2D eigenvalue weighted by atomic mass is 35.5. The van der Waals surface area contributed by atoms with E-state index in [1.807, 2.05) is 0 Å². The van der Waals surface area contributed by atoms with Gasteiger partial charge in [0.1, 0.15) is 6.04 Å². The van der Waals surface area contributed by atoms with Gasteiger partial charge < -0.3 is 0 Å². The third kappa shape index (κ3) is 4.57. The van der Waals surface area contributed by atoms with Gasteiger partial charge in [-0.05, 0) is 55.3 Å². The fraction of sp³-hybridized carbons (Fsp3) is 0.316. The van der Waals surface area contributed by atoms with Gasteiger partial charge in [-0.1, -0.05) is 35.3 Å². The van der Waals surface area contributed by atoms with E-state index >= 15 is 0 Å². The molecule has 0 spiro atoms. The first-order valence-corrected chi connectivity index (χ1v) is 11.9. The van der Waals surface area contributed by atoms with Gasteiger partial charge in [0.05, 0.1) is 4.90 Å². The number of hydrogen-bond donors (Lipinski definition) is 2. The number of rotatable bonds is 4. The first-order chi connectivity index (χ1) is 13.6. The predicted octanol–water partition coefficient (Wildman–Crippen LogP) is 4.05. The van der Waals surface area contributed by atoms with Crippen molar-refractivity contribution in [3.8, 4) is 11.1 Å². The van der Waals surface area contributed by atoms with Crippen LogP contribution < -0.4 is 5.48 Å². The lowest BCUT2D eigenvalue weighted by Crippen LogP contribution is -2.61. The molecule has 2 aromatic carbocycles. The Bertz CT molecular complexity index is 1010. The zero-order valence-electron chi connectivity index (χ0n) is 15.7. The molecule has 0 aliphatic carbocycles. The Morgan fingerprint density at radius 3 is 2.28 bits per heavy atom. The molecule has 0 aromatic heterocycles. The van der Waals surface area contributed by atoms with Crippen LogP contribution in [0.1, 0.15) is 13.8 Å². The highest BCUT2D eigenvalue weighted by Crippen LogP contribution is 2.38. The number of hydrogen-bond acceptors (Lipinski definition) is 5. The molecule has 6 nitrogen and oxygen atoms in total. The Morgan fingerprint density at radius 2 is 1.72 bits per heavy atom. The molecule has 3 rings (SSSR count). The van der Waals surface area contributed by atoms with Crippen LogP contribution in [-0.2, 0) is 14.8 Å². The first-order valence-electron chi connectivity index (χ1n) is 8.72. The molecule has 2 N–H and O–H groups in total. The summed E-state index contributed by atoms with van der Waals surface area (Å²) in [5.41, 5.74) is 3.12. The number of amides is 1. The summed E-state index contributed by atoms with van der Waals surface area (Å²) in [6.07, 6.45) is 0. The van der Waals surface area contributed by atoms with E-state index in [-0.39, 0.29) is 11.4 Å². The molecule has 29 heavy (non-hydrogen) atoms. The van der Waals surface area contributed by atoms with Crippen LogP contribution in [0.4, 0.5) is 0 Å². The summed E-state index contributed by atoms with van der Waals surface area (Å²) in [6.45, 7) is 3.73. The highest BCUT2D eigenvalue weighted by Gasteiger charge is 2.48. The molecule has 0 unspecified atom stereocenters. The van der Waals surface area contributed by atoms with Crippen LogP contribution in [0.2, 0.25) is 10.0 Å². The highest BCUT2D eigenvalue weighted by molar-refractivity contribution is 8.00. The van der Waals surface area contributed by atoms with Gasteiger partial charge in [-0.2, -0.15) is 16.1 Å². The Morgan fingerprint density at radius 1 is 1.14 bits per heavy atom. The van der Waals surface area contributed by atoms with Crippen LogP contribution >= 0.6 is 35.0 Å². The van der Waals surface area contributed by atoms with Crippen LogP contribution in [0.25, 0.3) is 11.1 Å². The van der Waals surface area contributed by atoms with Gasteiger partial charge in [0.2, 0.25) is 10.0 Å². The normalized spacial score (nSPS) is 19.7. The number of benzene rings is 2. The molecule has 0 saturated carbocycles. The lowest BCUT2D eigenvalue weighted by atomic mass is 10.0. The average Bonchev–Trinajstić information content (AvgIpc) is 2.66. The number of thioether (sulfide) groups is 1. The third-order valence-electron chi connectivity index (χ3n) is 4.75. The van der Waals surface area contributed by atoms with Gasteiger partial charge >= 0.3 is 0 Å². The monoisotopic (exact) mass is 474 g/mol. The van der Waals surface area contributed by atoms with Crippen molar-refractivity contribution >= 4 is 50.9 Å². The maximum Gasteiger partial charge on any atom is 0.263 e. The maximum absolute atomic E-state index is 13.3. The third-order valence-corrected chi connectivity index (χ3v) is 8.42. The zero-order valence-corrected chi connectivity index (χ0v) is 18.9. The molecule has 1 fully saturated rings. The Labute approximate surface area is 184 Å². The minimum atomic E-state index is -3.96. The largest absolute Gasteiger partial charge is 0.289 e. The molecule has 1 aliphatic rings. The molecule has 1 aliphatic heterocycles. The summed E-state index contributed by atoms with van der Waals surface area (Å²) < 4.78 is 27.0. The maximum atomic E-state index is 13.3. The van der Waals surface area contributed by atoms with E-state index in [2.05, 4.69) is 0 Å². The molecule has 1 atom stereocenters. The number of halogens is 2. The number of nitrogens with one attached hydrogen (secondary N) is 1. The second kappa shape index (κ2) is 8.45. The summed E-state index contributed by atoms with van der Waals surface area (Å²) in [7, 11) is -3.96. The van der Waals surface area contributed by atoms with E-state index in [0.717, 1.165) is 15.4 Å². The zero-order chi connectivity index (χ0) is 21.4. The second-order valence-electron chi connectivity index (χ2n) is 7.13. The van der Waals surface area contributed by atoms with E-state index in [4.69, 9.17) is 28.4 Å². The van der Waals surface area contributed by atoms with Crippen molar-refractivity contribution in [3.63, 3.8) is 0 Å². The van der Waals surface area contributed by atoms with Gasteiger partial charge in [0, 0.05) is 27.1 Å². The molecule has 1 saturated heterocycles. The number of sulfonamides is 1. The number of nitrogens with zero attached hydrogens (tertiary/aromatic N) is 1. The van der Waals surface area contributed by atoms with E-state index < -0.39 is 26.7 Å². The summed E-state index contributed by atoms with van der Waals surface area (Å²) in [6, 6.07) is 10.4. The van der Waals surface area contributed by atoms with E-state index in [0.29, 0.717) is 15.8 Å². The van der Waals surface area contributed by atoms with Gasteiger partial charge in [0.25, 0.3) is 5.91 Å². The van der Waals surface area contributed by atoms with Crippen molar-refractivity contribution in [2.24, 2.45) is 0 Å². The summed E-state index contributed by atoms with van der Waals surface area (Å²) in [5.74, 6) is -0.212. The number of carbonyl (C=O) groups excluding carboxylic acids is 1. The summed E-state index contributed by atoms with van der Waals surface area (Å²) in [4.78, 5) is 12.3. The van der Waals surface area contributed by atoms with Gasteiger partial charge in [-0.15, -0.1) is 0 Å². The average molecular weight is 475 g/mol. The molecule has 1 heterocycles. The molecular formula is C19H20Cl2N2O4S2. The van der Waals surface area contributed by atoms with Crippen molar-refractivity contribution in [2.75, 3.05) is 12.3 Å². The molecule has 1 amide bonds. The summed E-state index contributed by atoms with van der Waals surface area (Å²) in [5, 5.41) is 10.1. The standard InChI is InChI=1S/C19H20Cl2N2O4S2/c1-19(2)17(18(24)22-25)23(7-8-28-19)29(26,27)16-5-3-12(4-6-16)13-9-14(20)11-15(21)10-13/h3-6,9-11,17,25H,7-8H2,1-2H3,(H,22,24)/t17-/m0/s1. The van der Waals surface area contributed by atoms with Crippen LogP contribution in [0.5, 0.6) is 0 Å². The van der Waals surface area contributed by atoms with Crippen molar-refractivity contribution in [1.29, 1.82) is 0 Å². The fourth-order valence-electron chi connectivity index (χ4n) is 3.40. The molecule has 0 bridgehead atoms. The Kier molecular flexibility index (Phi) is 6.53. The topological polar surface area (TPSA) is 86.7 Å². The lowest BCUT2D eigenvalue weighted by molar-refractivity contribution is -0.134. The molecule has 156 valence electrons. The van der Waals surface area contributed by atoms with E-state index in [9.17, 15) is 13.2 Å². The minimum absolute atomic E-state index is 0.0628. The van der Waals surface area contributed by atoms with E-state index in [1.54, 1.807) is 49.7 Å². The van der Waals surface area contributed by atoms with Crippen LogP contribution in [0.3, 0.4) is 0 Å². The Hall–Kier alpha value is -1.29. The molecule has 2 aromatic rings. The minimum Gasteiger partial charge on any atom is -0.289 e. The quantitative estimate of drug-likeness (QED) is 0.515. The van der Waals surface area contributed by atoms with E-state index in [1.165, 1.54) is 23.9 Å². The smallest absolute Gasteiger partial charge is 0.263 e. The number of carbonyl (C=O) groups is 1. The van der Waals surface area contributed by atoms with Crippen molar-refractivity contribution in [3.05, 3.63) is 52.5 Å². The van der Waals surface area contributed by atoms with Gasteiger partial charge in [0.15, 0.2) is 0 Å². The van der Waals surface area contributed by atoms with Crippen LogP contribution in [0, 0.1) is 0 Å². The Balaban J connectivity index is 1.97. The molecule has 10 heteroatoms. The first kappa shape index (κ1) is 22.4. The fourth-order valence-corrected chi connectivity index (χ4v) is 7.03. The SMILES string of the molecule is CC1(C)SCCN(S(=O)(=O)c2ccc(-c3cc(Cl)cc(Cl)c3)cc2)[C@H]1C(=O)NO. The van der Waals surface area contributed by atoms with Crippen LogP contribution in [-0.4, -0.2) is 46.9 Å². The molecular weight excluding hydrogens is 455 g/mol. The van der Waals surface area contributed by atoms with Gasteiger partial charge in [-0.3, -0.25) is 10.0 Å². The lowest BCUT2D eigenvalue weighted by Gasteiger charge is -2.43. The van der Waals surface area contributed by atoms with Crippen LogP contribution in [0.15, 0.2) is 47.4 Å². The van der Waals surface area contributed by atoms with Crippen molar-refractivity contribution < 1.29 is 18.4 Å². The second-order valence-corrected chi connectivity index (χ2v) is 11.6. The van der Waals surface area contributed by atoms with Crippen molar-refractivity contribution in [1.82, 2.24) is 9.79 Å². The van der Waals surface area contributed by atoms with Crippen molar-refractivity contribution in [2.45, 2.75) is 29.5 Å². The molecule has 0 radical (unpaired) electrons.